The molecule has 0 saturated heterocycles. The quantitative estimate of drug-likeness (QED) is 0.403. The van der Waals surface area contributed by atoms with E-state index in [9.17, 15) is 13.2 Å². The molecule has 0 aromatic heterocycles. The van der Waals surface area contributed by atoms with Gasteiger partial charge in [-0.15, -0.1) is 0 Å². The van der Waals surface area contributed by atoms with Gasteiger partial charge < -0.3 is 5.32 Å². The van der Waals surface area contributed by atoms with Crippen LogP contribution in [-0.2, 0) is 22.9 Å². The van der Waals surface area contributed by atoms with E-state index < -0.39 is 10.0 Å². The Kier molecular flexibility index (Phi) is 5.35. The summed E-state index contributed by atoms with van der Waals surface area (Å²) in [6.07, 6.45) is 2.05. The van der Waals surface area contributed by atoms with Crippen LogP contribution in [0, 0.1) is 0 Å². The van der Waals surface area contributed by atoms with Gasteiger partial charge in [-0.1, -0.05) is 35.9 Å². The molecule has 4 aromatic rings. The van der Waals surface area contributed by atoms with Crippen molar-refractivity contribution in [2.75, 3.05) is 16.7 Å². The molecule has 33 heavy (non-hydrogen) atoms. The van der Waals surface area contributed by atoms with E-state index in [1.54, 1.807) is 24.3 Å². The number of aryl methyl sites for hydroxylation is 2. The Morgan fingerprint density at radius 3 is 2.24 bits per heavy atom. The second-order valence-corrected chi connectivity index (χ2v) is 10.4. The molecule has 0 aliphatic heterocycles. The number of sulfonamides is 1. The van der Waals surface area contributed by atoms with E-state index in [4.69, 9.17) is 11.6 Å². The van der Waals surface area contributed by atoms with E-state index in [1.807, 2.05) is 18.2 Å². The fourth-order valence-corrected chi connectivity index (χ4v) is 5.60. The van der Waals surface area contributed by atoms with Gasteiger partial charge in [0.15, 0.2) is 0 Å². The predicted octanol–water partition coefficient (Wildman–Crippen LogP) is 5.67. The number of rotatable bonds is 5. The van der Waals surface area contributed by atoms with Gasteiger partial charge >= 0.3 is 0 Å². The van der Waals surface area contributed by atoms with Crippen LogP contribution >= 0.6 is 11.6 Å². The molecule has 0 radical (unpaired) electrons. The summed E-state index contributed by atoms with van der Waals surface area (Å²) in [5, 5.41) is 5.75. The van der Waals surface area contributed by atoms with E-state index in [2.05, 4.69) is 17.4 Å². The molecule has 7 heteroatoms. The lowest BCUT2D eigenvalue weighted by Gasteiger charge is -2.20. The fourth-order valence-electron chi connectivity index (χ4n) is 4.28. The van der Waals surface area contributed by atoms with Crippen LogP contribution in [0.5, 0.6) is 0 Å². The molecule has 1 aliphatic rings. The highest BCUT2D eigenvalue weighted by molar-refractivity contribution is 7.92. The highest BCUT2D eigenvalue weighted by Gasteiger charge is 2.22. The van der Waals surface area contributed by atoms with Crippen LogP contribution in [-0.4, -0.2) is 21.4 Å². The smallest absolute Gasteiger partial charge is 0.264 e. The van der Waals surface area contributed by atoms with Crippen LogP contribution in [0.3, 0.4) is 0 Å². The maximum absolute atomic E-state index is 12.9. The largest absolute Gasteiger partial charge is 0.321 e. The molecule has 0 bridgehead atoms. The molecular formula is C26H21ClN2O3S. The van der Waals surface area contributed by atoms with Gasteiger partial charge in [-0.25, -0.2) is 8.42 Å². The minimum atomic E-state index is -3.74. The van der Waals surface area contributed by atoms with Crippen molar-refractivity contribution in [2.24, 2.45) is 0 Å². The van der Waals surface area contributed by atoms with Crippen molar-refractivity contribution < 1.29 is 13.2 Å². The van der Waals surface area contributed by atoms with Gasteiger partial charge in [0.1, 0.15) is 0 Å². The van der Waals surface area contributed by atoms with Gasteiger partial charge in [0.2, 0.25) is 0 Å². The number of hydrogen-bond donors (Lipinski definition) is 1. The lowest BCUT2D eigenvalue weighted by molar-refractivity contribution is 0.102. The zero-order valence-corrected chi connectivity index (χ0v) is 19.5. The molecule has 0 spiro atoms. The van der Waals surface area contributed by atoms with Crippen LogP contribution in [0.2, 0.25) is 5.02 Å². The average Bonchev–Trinajstić information content (AvgIpc) is 3.25. The average molecular weight is 477 g/mol. The topological polar surface area (TPSA) is 66.5 Å². The number of carbonyl (C=O) groups is 1. The summed E-state index contributed by atoms with van der Waals surface area (Å²) < 4.78 is 27.0. The van der Waals surface area contributed by atoms with Gasteiger partial charge in [0.25, 0.3) is 15.9 Å². The second kappa shape index (κ2) is 8.21. The summed E-state index contributed by atoms with van der Waals surface area (Å²) in [5.41, 5.74) is 4.29. The van der Waals surface area contributed by atoms with Gasteiger partial charge in [-0.05, 0) is 84.0 Å². The summed E-state index contributed by atoms with van der Waals surface area (Å²) >= 11 is 5.87. The summed E-state index contributed by atoms with van der Waals surface area (Å²) in [7, 11) is -2.26. The van der Waals surface area contributed by atoms with Crippen LogP contribution < -0.4 is 9.62 Å². The van der Waals surface area contributed by atoms with Crippen LogP contribution in [0.25, 0.3) is 10.8 Å². The lowest BCUT2D eigenvalue weighted by Crippen LogP contribution is -2.26. The number of nitrogens with one attached hydrogen (secondary N) is 1. The Hall–Kier alpha value is -3.35. The number of halogens is 1. The highest BCUT2D eigenvalue weighted by Crippen LogP contribution is 2.35. The summed E-state index contributed by atoms with van der Waals surface area (Å²) in [4.78, 5) is 13.1. The molecule has 5 rings (SSSR count). The van der Waals surface area contributed by atoms with Crippen LogP contribution in [0.15, 0.2) is 83.8 Å². The first-order valence-electron chi connectivity index (χ1n) is 10.5. The molecule has 0 heterocycles. The van der Waals surface area contributed by atoms with Crippen molar-refractivity contribution in [1.29, 1.82) is 0 Å². The monoisotopic (exact) mass is 476 g/mol. The Morgan fingerprint density at radius 2 is 1.55 bits per heavy atom. The molecule has 1 N–H and O–H groups in total. The molecule has 5 nitrogen and oxygen atoms in total. The maximum atomic E-state index is 12.9. The summed E-state index contributed by atoms with van der Waals surface area (Å²) in [5.74, 6) is -0.247. The zero-order chi connectivity index (χ0) is 23.2. The molecule has 0 fully saturated rings. The highest BCUT2D eigenvalue weighted by atomic mass is 35.5. The molecule has 166 valence electrons. The standard InChI is InChI=1S/C26H21ClN2O3S/c1-29(33(31,32)22-14-10-20(27)11-15-22)21-12-7-19(8-13-21)26(30)28-24-16-9-18-6-5-17-3-2-4-23(24)25(17)18/h2-4,7-16H,5-6H2,1H3,(H,28,30). The van der Waals surface area contributed by atoms with Crippen molar-refractivity contribution in [2.45, 2.75) is 17.7 Å². The first kappa shape index (κ1) is 21.5. The van der Waals surface area contributed by atoms with E-state index in [-0.39, 0.29) is 10.8 Å². The molecule has 1 amide bonds. The third-order valence-corrected chi connectivity index (χ3v) is 8.14. The SMILES string of the molecule is CN(c1ccc(C(=O)Nc2ccc3c4c(cccc24)CC3)cc1)S(=O)(=O)c1ccc(Cl)cc1. The minimum Gasteiger partial charge on any atom is -0.321 e. The number of nitrogens with zero attached hydrogens (tertiary/aromatic N) is 1. The Morgan fingerprint density at radius 1 is 0.879 bits per heavy atom. The molecule has 4 aromatic carbocycles. The Balaban J connectivity index is 1.37. The van der Waals surface area contributed by atoms with Gasteiger partial charge in [0, 0.05) is 28.7 Å². The Bertz CT molecular complexity index is 1470. The van der Waals surface area contributed by atoms with Crippen molar-refractivity contribution in [1.82, 2.24) is 0 Å². The first-order chi connectivity index (χ1) is 15.8. The number of carbonyl (C=O) groups excluding carboxylic acids is 1. The molecule has 0 saturated carbocycles. The predicted molar refractivity (Wildman–Crippen MR) is 133 cm³/mol. The van der Waals surface area contributed by atoms with Crippen LogP contribution in [0.1, 0.15) is 21.5 Å². The molecule has 1 aliphatic carbocycles. The zero-order valence-electron chi connectivity index (χ0n) is 17.9. The molecule has 0 atom stereocenters. The minimum absolute atomic E-state index is 0.142. The fraction of sp³-hybridized carbons (Fsp3) is 0.115. The van der Waals surface area contributed by atoms with Crippen molar-refractivity contribution in [3.63, 3.8) is 0 Å². The number of anilines is 2. The third-order valence-electron chi connectivity index (χ3n) is 6.09. The summed E-state index contributed by atoms with van der Waals surface area (Å²) in [6.45, 7) is 0. The van der Waals surface area contributed by atoms with Gasteiger partial charge in [-0.3, -0.25) is 9.10 Å². The van der Waals surface area contributed by atoms with Crippen molar-refractivity contribution >= 4 is 49.7 Å². The third kappa shape index (κ3) is 3.86. The number of benzene rings is 4. The number of hydrogen-bond acceptors (Lipinski definition) is 3. The van der Waals surface area contributed by atoms with Gasteiger partial charge in [-0.2, -0.15) is 0 Å². The number of amides is 1. The van der Waals surface area contributed by atoms with E-state index in [1.165, 1.54) is 52.1 Å². The lowest BCUT2D eigenvalue weighted by atomic mass is 10.0. The van der Waals surface area contributed by atoms with E-state index in [0.29, 0.717) is 16.3 Å². The molecular weight excluding hydrogens is 456 g/mol. The van der Waals surface area contributed by atoms with E-state index in [0.717, 1.165) is 23.9 Å². The Labute approximate surface area is 197 Å². The summed E-state index contributed by atoms with van der Waals surface area (Å²) in [6, 6.07) is 22.7. The first-order valence-corrected chi connectivity index (χ1v) is 12.4. The normalized spacial score (nSPS) is 12.7. The van der Waals surface area contributed by atoms with Crippen molar-refractivity contribution in [3.05, 3.63) is 101 Å². The maximum Gasteiger partial charge on any atom is 0.264 e. The van der Waals surface area contributed by atoms with Crippen LogP contribution in [0.4, 0.5) is 11.4 Å². The second-order valence-electron chi connectivity index (χ2n) is 8.04. The van der Waals surface area contributed by atoms with Crippen molar-refractivity contribution in [3.8, 4) is 0 Å². The molecule has 0 unspecified atom stereocenters. The van der Waals surface area contributed by atoms with E-state index >= 15 is 0 Å². The van der Waals surface area contributed by atoms with Gasteiger partial charge in [0.05, 0.1) is 10.6 Å².